The van der Waals surface area contributed by atoms with Gasteiger partial charge < -0.3 is 20.1 Å². The number of halogens is 2. The van der Waals surface area contributed by atoms with E-state index in [-0.39, 0.29) is 49.9 Å². The smallest absolute Gasteiger partial charge is 0.323 e. The van der Waals surface area contributed by atoms with Crippen molar-refractivity contribution in [2.24, 2.45) is 10.7 Å². The number of benzene rings is 2. The van der Waals surface area contributed by atoms with E-state index in [1.165, 1.54) is 29.4 Å². The first-order valence-corrected chi connectivity index (χ1v) is 16.6. The van der Waals surface area contributed by atoms with Gasteiger partial charge in [0.1, 0.15) is 17.7 Å². The summed E-state index contributed by atoms with van der Waals surface area (Å²) < 4.78 is 39.3. The Hall–Kier alpha value is -3.28. The molecule has 10 nitrogen and oxygen atoms in total. The molecule has 45 heavy (non-hydrogen) atoms. The lowest BCUT2D eigenvalue weighted by molar-refractivity contribution is -0.139. The van der Waals surface area contributed by atoms with Gasteiger partial charge in [-0.2, -0.15) is 0 Å². The Morgan fingerprint density at radius 1 is 1.13 bits per heavy atom. The summed E-state index contributed by atoms with van der Waals surface area (Å²) in [6, 6.07) is 12.4. The number of ether oxygens (including phenoxy) is 2. The normalized spacial score (nSPS) is 15.7. The van der Waals surface area contributed by atoms with Crippen molar-refractivity contribution in [3.8, 4) is 5.75 Å². The van der Waals surface area contributed by atoms with Crippen LogP contribution in [0, 0.1) is 12.3 Å². The molecule has 0 saturated carbocycles. The summed E-state index contributed by atoms with van der Waals surface area (Å²) in [4.78, 5) is 19.4. The predicted molar refractivity (Wildman–Crippen MR) is 186 cm³/mol. The third-order valence-corrected chi connectivity index (χ3v) is 9.25. The fourth-order valence-electron chi connectivity index (χ4n) is 5.35. The lowest BCUT2D eigenvalue weighted by atomic mass is 10.1. The van der Waals surface area contributed by atoms with Crippen LogP contribution >= 0.6 is 24.8 Å². The topological polar surface area (TPSA) is 138 Å². The van der Waals surface area contributed by atoms with E-state index in [4.69, 9.17) is 25.6 Å². The lowest BCUT2D eigenvalue weighted by Gasteiger charge is -2.34. The van der Waals surface area contributed by atoms with Gasteiger partial charge in [-0.3, -0.25) is 19.5 Å². The third-order valence-electron chi connectivity index (χ3n) is 7.62. The van der Waals surface area contributed by atoms with E-state index in [0.29, 0.717) is 17.0 Å². The maximum Gasteiger partial charge on any atom is 0.323 e. The molecule has 248 valence electrons. The molecule has 2 aliphatic rings. The molecule has 0 aromatic heterocycles. The molecule has 0 unspecified atom stereocenters. The molecular weight excluding hydrogens is 637 g/mol. The highest BCUT2D eigenvalue weighted by molar-refractivity contribution is 7.93. The average molecular weight is 683 g/mol. The molecular formula is C32H45Cl2N5O5S. The molecule has 0 atom stereocenters. The number of rotatable bonds is 11. The molecule has 2 aliphatic heterocycles. The summed E-state index contributed by atoms with van der Waals surface area (Å²) in [7, 11) is -4.05. The number of amidine groups is 2. The van der Waals surface area contributed by atoms with E-state index < -0.39 is 21.7 Å². The second-order valence-corrected chi connectivity index (χ2v) is 12.8. The Kier molecular flexibility index (Phi) is 15.2. The van der Waals surface area contributed by atoms with E-state index in [1.807, 2.05) is 13.0 Å². The fourth-order valence-corrected chi connectivity index (χ4v) is 6.64. The van der Waals surface area contributed by atoms with E-state index in [1.54, 1.807) is 55.5 Å². The highest BCUT2D eigenvalue weighted by Crippen LogP contribution is 2.29. The molecule has 2 heterocycles. The van der Waals surface area contributed by atoms with Crippen molar-refractivity contribution < 1.29 is 22.7 Å². The van der Waals surface area contributed by atoms with Crippen LogP contribution in [0.25, 0.3) is 6.08 Å². The van der Waals surface area contributed by atoms with Crippen molar-refractivity contribution in [3.05, 3.63) is 65.2 Å². The molecule has 2 aromatic carbocycles. The first-order valence-electron chi connectivity index (χ1n) is 15.0. The van der Waals surface area contributed by atoms with Crippen molar-refractivity contribution >= 4 is 64.2 Å². The first-order chi connectivity index (χ1) is 20.7. The number of hydrogen-bond donors (Lipinski definition) is 2. The molecule has 0 amide bonds. The Labute approximate surface area is 279 Å². The standard InChI is InChI=1S/C32H43N5O5S.2ClH/c1-3-41-31(38)23-43(39,40)37(18-8-10-25-9-7-11-26(22-25)32(33)34)27-13-14-29(24(2)21-27)42-28-15-19-36(20-16-28)30-12-5-4-6-17-35-30;;/h7-11,13-14,21-22,28H,3-6,12,15-20,23H2,1-2H3,(H3,33,34);2*1H/b10-8+;;. The van der Waals surface area contributed by atoms with Crippen molar-refractivity contribution in [1.82, 2.24) is 4.90 Å². The molecule has 0 aliphatic carbocycles. The number of esters is 1. The zero-order chi connectivity index (χ0) is 30.8. The van der Waals surface area contributed by atoms with Crippen LogP contribution in [0.4, 0.5) is 5.69 Å². The summed E-state index contributed by atoms with van der Waals surface area (Å²) in [5.74, 6) is 0.333. The molecule has 4 rings (SSSR count). The number of hydrogen-bond acceptors (Lipinski definition) is 8. The molecule has 1 saturated heterocycles. The Balaban J connectivity index is 0.00000353. The third kappa shape index (κ3) is 10.9. The quantitative estimate of drug-likeness (QED) is 0.185. The van der Waals surface area contributed by atoms with Gasteiger partial charge in [-0.25, -0.2) is 8.42 Å². The molecule has 3 N–H and O–H groups in total. The number of likely N-dealkylation sites (tertiary alicyclic amines) is 1. The summed E-state index contributed by atoms with van der Waals surface area (Å²) in [6.45, 7) is 6.38. The maximum absolute atomic E-state index is 13.4. The Morgan fingerprint density at radius 2 is 1.89 bits per heavy atom. The van der Waals surface area contributed by atoms with Crippen LogP contribution in [0.1, 0.15) is 62.1 Å². The van der Waals surface area contributed by atoms with Gasteiger partial charge in [0.05, 0.1) is 24.7 Å². The summed E-state index contributed by atoms with van der Waals surface area (Å²) >= 11 is 0. The van der Waals surface area contributed by atoms with E-state index in [0.717, 1.165) is 50.0 Å². The predicted octanol–water partition coefficient (Wildman–Crippen LogP) is 5.35. The lowest BCUT2D eigenvalue weighted by Crippen LogP contribution is -2.41. The van der Waals surface area contributed by atoms with Crippen molar-refractivity contribution in [1.29, 1.82) is 5.41 Å². The highest BCUT2D eigenvalue weighted by atomic mass is 35.5. The number of nitrogens with zero attached hydrogens (tertiary/aromatic N) is 3. The van der Waals surface area contributed by atoms with Crippen LogP contribution < -0.4 is 14.8 Å². The molecule has 0 spiro atoms. The van der Waals surface area contributed by atoms with Gasteiger partial charge >= 0.3 is 5.97 Å². The Morgan fingerprint density at radius 3 is 2.58 bits per heavy atom. The number of carbonyl (C=O) groups excluding carboxylic acids is 1. The van der Waals surface area contributed by atoms with Gasteiger partial charge in [-0.1, -0.05) is 36.8 Å². The van der Waals surface area contributed by atoms with Gasteiger partial charge in [-0.15, -0.1) is 24.8 Å². The zero-order valence-corrected chi connectivity index (χ0v) is 28.4. The number of sulfonamides is 1. The number of nitrogen functional groups attached to an aromatic ring is 1. The summed E-state index contributed by atoms with van der Waals surface area (Å²) in [6.07, 6.45) is 10.0. The second kappa shape index (κ2) is 18.0. The van der Waals surface area contributed by atoms with Crippen LogP contribution in [-0.2, 0) is 19.6 Å². The van der Waals surface area contributed by atoms with Gasteiger partial charge in [-0.05, 0) is 62.1 Å². The number of aryl methyl sites for hydroxylation is 1. The summed E-state index contributed by atoms with van der Waals surface area (Å²) in [5, 5.41) is 7.65. The number of piperidine rings is 1. The van der Waals surface area contributed by atoms with E-state index in [9.17, 15) is 13.2 Å². The SMILES string of the molecule is CCOC(=O)CS(=O)(=O)N(C/C=C/c1cccc(C(=N)N)c1)c1ccc(OC2CCN(C3=NCCCCC3)CC2)c(C)c1.Cl.Cl. The number of carbonyl (C=O) groups is 1. The van der Waals surface area contributed by atoms with Crippen LogP contribution in [0.5, 0.6) is 5.75 Å². The summed E-state index contributed by atoms with van der Waals surface area (Å²) in [5.41, 5.74) is 8.18. The Bertz CT molecular complexity index is 1460. The van der Waals surface area contributed by atoms with Crippen LogP contribution in [-0.4, -0.2) is 75.6 Å². The van der Waals surface area contributed by atoms with E-state index >= 15 is 0 Å². The second-order valence-electron chi connectivity index (χ2n) is 10.9. The minimum absolute atomic E-state index is 0. The first kappa shape index (κ1) is 37.9. The number of nitrogens with two attached hydrogens (primary N) is 1. The van der Waals surface area contributed by atoms with Gasteiger partial charge in [0.15, 0.2) is 5.75 Å². The zero-order valence-electron chi connectivity index (χ0n) is 25.9. The van der Waals surface area contributed by atoms with Crippen LogP contribution in [0.15, 0.2) is 53.5 Å². The monoisotopic (exact) mass is 681 g/mol. The highest BCUT2D eigenvalue weighted by Gasteiger charge is 2.27. The number of aliphatic imine (C=N–C) groups is 1. The maximum atomic E-state index is 13.4. The van der Waals surface area contributed by atoms with Crippen molar-refractivity contribution in [3.63, 3.8) is 0 Å². The van der Waals surface area contributed by atoms with Crippen LogP contribution in [0.2, 0.25) is 0 Å². The van der Waals surface area contributed by atoms with Crippen molar-refractivity contribution in [2.75, 3.05) is 42.8 Å². The minimum Gasteiger partial charge on any atom is -0.490 e. The fraction of sp³-hybridized carbons (Fsp3) is 0.469. The molecule has 2 aromatic rings. The number of anilines is 1. The minimum atomic E-state index is -4.05. The van der Waals surface area contributed by atoms with Crippen LogP contribution in [0.3, 0.4) is 0 Å². The van der Waals surface area contributed by atoms with E-state index in [2.05, 4.69) is 4.90 Å². The average Bonchev–Trinajstić information content (AvgIpc) is 3.26. The van der Waals surface area contributed by atoms with Gasteiger partial charge in [0.2, 0.25) is 10.0 Å². The largest absolute Gasteiger partial charge is 0.490 e. The number of nitrogens with one attached hydrogen (secondary N) is 1. The van der Waals surface area contributed by atoms with Gasteiger partial charge in [0, 0.05) is 44.5 Å². The molecule has 1 fully saturated rings. The van der Waals surface area contributed by atoms with Crippen molar-refractivity contribution in [2.45, 2.75) is 58.5 Å². The molecule has 0 bridgehead atoms. The molecule has 0 radical (unpaired) electrons. The van der Waals surface area contributed by atoms with Gasteiger partial charge in [0.25, 0.3) is 0 Å². The molecule has 13 heteroatoms.